The predicted molar refractivity (Wildman–Crippen MR) is 159 cm³/mol. The maximum atomic E-state index is 12.4. The molecule has 1 aliphatic carbocycles. The Kier molecular flexibility index (Phi) is 9.48. The summed E-state index contributed by atoms with van der Waals surface area (Å²) in [6, 6.07) is 16.8. The highest BCUT2D eigenvalue weighted by Crippen LogP contribution is 2.30. The number of hydrogen-bond acceptors (Lipinski definition) is 7. The Bertz CT molecular complexity index is 1600. The van der Waals surface area contributed by atoms with Crippen LogP contribution in [-0.4, -0.2) is 40.0 Å². The van der Waals surface area contributed by atoms with Crippen molar-refractivity contribution in [1.82, 2.24) is 10.3 Å². The van der Waals surface area contributed by atoms with Crippen LogP contribution in [0, 0.1) is 0 Å². The number of carboxylic acid groups (broad SMARTS) is 1. The first-order valence-electron chi connectivity index (χ1n) is 13.5. The molecule has 12 heteroatoms. The van der Waals surface area contributed by atoms with Crippen molar-refractivity contribution in [2.24, 2.45) is 0 Å². The first-order valence-corrected chi connectivity index (χ1v) is 14.3. The molecule has 10 nitrogen and oxygen atoms in total. The molecule has 2 aromatic heterocycles. The summed E-state index contributed by atoms with van der Waals surface area (Å²) in [4.78, 5) is 40.4. The zero-order valence-corrected chi connectivity index (χ0v) is 24.2. The van der Waals surface area contributed by atoms with Crippen molar-refractivity contribution in [2.75, 3.05) is 5.32 Å². The number of hydrogen-bond donors (Lipinski definition) is 3. The van der Waals surface area contributed by atoms with E-state index in [1.54, 1.807) is 36.4 Å². The molecule has 3 N–H and O–H groups in total. The molecule has 0 bridgehead atoms. The second-order valence-corrected chi connectivity index (χ2v) is 10.7. The van der Waals surface area contributed by atoms with Crippen molar-refractivity contribution in [3.63, 3.8) is 0 Å². The lowest BCUT2D eigenvalue weighted by molar-refractivity contribution is -0.115. The van der Waals surface area contributed by atoms with E-state index >= 15 is 0 Å². The molecule has 2 heterocycles. The fourth-order valence-corrected chi connectivity index (χ4v) is 4.99. The number of aromatic nitrogens is 1. The molecular weight excluding hydrogens is 597 g/mol. The Balaban J connectivity index is 1.06. The number of anilines is 1. The van der Waals surface area contributed by atoms with E-state index in [2.05, 4.69) is 15.6 Å². The lowest BCUT2D eigenvalue weighted by Crippen LogP contribution is -2.39. The second kappa shape index (κ2) is 13.6. The van der Waals surface area contributed by atoms with Crippen LogP contribution in [0.3, 0.4) is 0 Å². The van der Waals surface area contributed by atoms with E-state index in [0.717, 1.165) is 25.7 Å². The predicted octanol–water partition coefficient (Wildman–Crippen LogP) is 6.77. The standard InChI is InChI=1S/C31H27Cl2N3O7/c32-24-17-41-29(28(24)33)30(38)35-19-6-8-20(9-7-19)42-21-10-12-22(13-11-21)43-27-14-5-18(16-34-27)15-26(37)36-25-4-2-1-3-23(25)31(39)40/h1-5,10-14,16-17,19-20H,6-9,15H2,(H,35,38)(H,36,37)(H,39,40). The van der Waals surface area contributed by atoms with E-state index in [1.165, 1.54) is 24.6 Å². The van der Waals surface area contributed by atoms with E-state index in [9.17, 15) is 19.5 Å². The van der Waals surface area contributed by atoms with Gasteiger partial charge in [-0.3, -0.25) is 9.59 Å². The van der Waals surface area contributed by atoms with Crippen LogP contribution < -0.4 is 20.1 Å². The van der Waals surface area contributed by atoms with Crippen molar-refractivity contribution >= 4 is 46.7 Å². The number of nitrogens with zero attached hydrogens (tertiary/aromatic N) is 1. The van der Waals surface area contributed by atoms with Gasteiger partial charge in [-0.05, 0) is 67.6 Å². The van der Waals surface area contributed by atoms with Gasteiger partial charge in [-0.15, -0.1) is 0 Å². The highest BCUT2D eigenvalue weighted by atomic mass is 35.5. The number of furan rings is 1. The quantitative estimate of drug-likeness (QED) is 0.176. The third-order valence-corrected chi connectivity index (χ3v) is 7.60. The topological polar surface area (TPSA) is 140 Å². The van der Waals surface area contributed by atoms with Crippen molar-refractivity contribution in [3.8, 4) is 17.4 Å². The lowest BCUT2D eigenvalue weighted by Gasteiger charge is -2.29. The molecule has 1 saturated carbocycles. The maximum Gasteiger partial charge on any atom is 0.337 e. The normalized spacial score (nSPS) is 16.2. The zero-order valence-electron chi connectivity index (χ0n) is 22.7. The third-order valence-electron chi connectivity index (χ3n) is 6.85. The molecule has 2 amide bonds. The van der Waals surface area contributed by atoms with Crippen LogP contribution in [0.15, 0.2) is 77.5 Å². The molecule has 0 unspecified atom stereocenters. The molecule has 43 heavy (non-hydrogen) atoms. The van der Waals surface area contributed by atoms with Gasteiger partial charge in [0.25, 0.3) is 5.91 Å². The fraction of sp³-hybridized carbons (Fsp3) is 0.226. The number of ether oxygens (including phenoxy) is 2. The van der Waals surface area contributed by atoms with Gasteiger partial charge >= 0.3 is 5.97 Å². The van der Waals surface area contributed by atoms with Crippen LogP contribution in [0.1, 0.15) is 52.2 Å². The van der Waals surface area contributed by atoms with Crippen LogP contribution in [0.4, 0.5) is 5.69 Å². The Labute approximate surface area is 256 Å². The minimum Gasteiger partial charge on any atom is -0.490 e. The van der Waals surface area contributed by atoms with Crippen molar-refractivity contribution in [1.29, 1.82) is 0 Å². The number of para-hydroxylation sites is 1. The summed E-state index contributed by atoms with van der Waals surface area (Å²) in [7, 11) is 0. The van der Waals surface area contributed by atoms with E-state index in [1.807, 2.05) is 12.1 Å². The molecule has 0 saturated heterocycles. The summed E-state index contributed by atoms with van der Waals surface area (Å²) in [5.41, 5.74) is 0.899. The largest absolute Gasteiger partial charge is 0.490 e. The summed E-state index contributed by atoms with van der Waals surface area (Å²) in [5.74, 6) is -0.218. The number of halogens is 2. The van der Waals surface area contributed by atoms with Gasteiger partial charge in [0.05, 0.1) is 28.8 Å². The van der Waals surface area contributed by atoms with Crippen molar-refractivity contribution < 1.29 is 33.4 Å². The minimum absolute atomic E-state index is 0.00927. The number of carbonyl (C=O) groups is 3. The zero-order chi connectivity index (χ0) is 30.3. The van der Waals surface area contributed by atoms with E-state index in [4.69, 9.17) is 37.1 Å². The summed E-state index contributed by atoms with van der Waals surface area (Å²) in [5, 5.41) is 15.2. The summed E-state index contributed by atoms with van der Waals surface area (Å²) in [6.07, 6.45) is 5.87. The number of nitrogens with one attached hydrogen (secondary N) is 2. The molecule has 1 fully saturated rings. The minimum atomic E-state index is -1.12. The second-order valence-electron chi connectivity index (χ2n) is 9.95. The van der Waals surface area contributed by atoms with Crippen LogP contribution in [0.25, 0.3) is 0 Å². The van der Waals surface area contributed by atoms with Crippen LogP contribution in [0.2, 0.25) is 10.0 Å². The Hall–Kier alpha value is -4.54. The number of aromatic carboxylic acids is 1. The summed E-state index contributed by atoms with van der Waals surface area (Å²) < 4.78 is 17.1. The SMILES string of the molecule is O=C(Cc1ccc(Oc2ccc(OC3CCC(NC(=O)c4occ(Cl)c4Cl)CC3)cc2)nc1)Nc1ccccc1C(=O)O. The molecule has 5 rings (SSSR count). The average Bonchev–Trinajstić information content (AvgIpc) is 3.34. The smallest absolute Gasteiger partial charge is 0.337 e. The number of carboxylic acids is 1. The Morgan fingerprint density at radius 3 is 2.33 bits per heavy atom. The van der Waals surface area contributed by atoms with Crippen LogP contribution in [0.5, 0.6) is 17.4 Å². The highest BCUT2D eigenvalue weighted by molar-refractivity contribution is 6.43. The monoisotopic (exact) mass is 623 g/mol. The van der Waals surface area contributed by atoms with Gasteiger partial charge in [-0.25, -0.2) is 9.78 Å². The molecule has 0 spiro atoms. The molecular formula is C31H27Cl2N3O7. The number of rotatable bonds is 10. The summed E-state index contributed by atoms with van der Waals surface area (Å²) in [6.45, 7) is 0. The highest BCUT2D eigenvalue weighted by Gasteiger charge is 2.26. The van der Waals surface area contributed by atoms with Gasteiger partial charge in [-0.1, -0.05) is 41.4 Å². The van der Waals surface area contributed by atoms with Gasteiger partial charge in [-0.2, -0.15) is 0 Å². The van der Waals surface area contributed by atoms with Gasteiger partial charge in [0.1, 0.15) is 22.8 Å². The first kappa shape index (κ1) is 29.9. The summed E-state index contributed by atoms with van der Waals surface area (Å²) >= 11 is 11.9. The average molecular weight is 624 g/mol. The molecule has 2 aromatic carbocycles. The molecule has 222 valence electrons. The van der Waals surface area contributed by atoms with Crippen LogP contribution >= 0.6 is 23.2 Å². The van der Waals surface area contributed by atoms with Gasteiger partial charge in [0, 0.05) is 18.3 Å². The Morgan fingerprint density at radius 1 is 0.953 bits per heavy atom. The molecule has 4 aromatic rings. The lowest BCUT2D eigenvalue weighted by atomic mass is 9.93. The molecule has 0 atom stereocenters. The molecule has 0 aliphatic heterocycles. The van der Waals surface area contributed by atoms with Gasteiger partial charge in [0.2, 0.25) is 17.5 Å². The van der Waals surface area contributed by atoms with Gasteiger partial charge in [0.15, 0.2) is 0 Å². The van der Waals surface area contributed by atoms with Crippen LogP contribution in [-0.2, 0) is 11.2 Å². The number of benzene rings is 2. The Morgan fingerprint density at radius 2 is 1.67 bits per heavy atom. The number of carbonyl (C=O) groups excluding carboxylic acids is 2. The van der Waals surface area contributed by atoms with E-state index in [0.29, 0.717) is 22.9 Å². The van der Waals surface area contributed by atoms with Crippen molar-refractivity contribution in [2.45, 2.75) is 44.2 Å². The molecule has 1 aliphatic rings. The first-order chi connectivity index (χ1) is 20.7. The van der Waals surface area contributed by atoms with E-state index in [-0.39, 0.29) is 57.4 Å². The number of amides is 2. The van der Waals surface area contributed by atoms with Crippen molar-refractivity contribution in [3.05, 3.63) is 100 Å². The van der Waals surface area contributed by atoms with E-state index < -0.39 is 5.97 Å². The third kappa shape index (κ3) is 7.85. The molecule has 0 radical (unpaired) electrons. The maximum absolute atomic E-state index is 12.4. The van der Waals surface area contributed by atoms with Gasteiger partial charge < -0.3 is 29.6 Å². The number of pyridine rings is 1. The fourth-order valence-electron chi connectivity index (χ4n) is 4.69.